The van der Waals surface area contributed by atoms with Gasteiger partial charge < -0.3 is 10.2 Å². The molecule has 4 rings (SSSR count). The van der Waals surface area contributed by atoms with Crippen LogP contribution in [0.1, 0.15) is 58.8 Å². The van der Waals surface area contributed by atoms with Crippen LogP contribution in [-0.4, -0.2) is 22.3 Å². The van der Waals surface area contributed by atoms with E-state index in [9.17, 15) is 15.0 Å². The summed E-state index contributed by atoms with van der Waals surface area (Å²) in [6.07, 6.45) is 8.53. The molecule has 0 radical (unpaired) electrons. The van der Waals surface area contributed by atoms with Crippen molar-refractivity contribution >= 4 is 5.97 Å². The van der Waals surface area contributed by atoms with Crippen LogP contribution in [0, 0.1) is 28.1 Å². The van der Waals surface area contributed by atoms with Crippen LogP contribution in [0.5, 0.6) is 0 Å². The lowest BCUT2D eigenvalue weighted by Gasteiger charge is -2.60. The molecule has 0 aliphatic heterocycles. The molecule has 0 saturated heterocycles. The monoisotopic (exact) mass is 316 g/mol. The summed E-state index contributed by atoms with van der Waals surface area (Å²) in [6, 6.07) is 0. The maximum Gasteiger partial charge on any atom is 0.309 e. The zero-order valence-electron chi connectivity index (χ0n) is 14.3. The fourth-order valence-electron chi connectivity index (χ4n) is 6.87. The fraction of sp³-hybridized carbons (Fsp3) is 0.750. The van der Waals surface area contributed by atoms with E-state index in [1.165, 1.54) is 11.1 Å². The Morgan fingerprint density at radius 1 is 1.30 bits per heavy atom. The second kappa shape index (κ2) is 4.50. The highest BCUT2D eigenvalue weighted by atomic mass is 16.4. The molecular formula is C20H28O3. The molecule has 3 heteroatoms. The van der Waals surface area contributed by atoms with E-state index in [4.69, 9.17) is 0 Å². The molecule has 0 heterocycles. The highest BCUT2D eigenvalue weighted by Crippen LogP contribution is 2.70. The standard InChI is InChI=1S/C20H28O3/c1-12-10-20-8-5-15-18(2,6-4-7-19(15,3)17(22)23)16(20)9-14(21)13(12)11-20/h9,13-15,21H,1,4-8,10-11H2,2-3H3,(H,22,23)/t13-,14+,15+,18-,19-,20-/m1/s1. The van der Waals surface area contributed by atoms with Gasteiger partial charge in [0.1, 0.15) is 0 Å². The molecule has 2 bridgehead atoms. The van der Waals surface area contributed by atoms with Crippen LogP contribution in [0.4, 0.5) is 0 Å². The van der Waals surface area contributed by atoms with Crippen molar-refractivity contribution in [3.8, 4) is 0 Å². The Kier molecular flexibility index (Phi) is 3.02. The van der Waals surface area contributed by atoms with Gasteiger partial charge in [-0.15, -0.1) is 0 Å². The fourth-order valence-corrected chi connectivity index (χ4v) is 6.87. The van der Waals surface area contributed by atoms with Gasteiger partial charge >= 0.3 is 5.97 Å². The predicted octanol–water partition coefficient (Wildman–Crippen LogP) is 3.93. The average Bonchev–Trinajstić information content (AvgIpc) is 2.75. The van der Waals surface area contributed by atoms with Crippen LogP contribution in [0.2, 0.25) is 0 Å². The molecule has 1 spiro atoms. The van der Waals surface area contributed by atoms with Gasteiger partial charge in [0.25, 0.3) is 0 Å². The second-order valence-corrected chi connectivity index (χ2v) is 9.08. The minimum atomic E-state index is -0.643. The van der Waals surface area contributed by atoms with Crippen molar-refractivity contribution in [3.05, 3.63) is 23.8 Å². The van der Waals surface area contributed by atoms with Crippen LogP contribution in [-0.2, 0) is 4.79 Å². The Labute approximate surface area is 138 Å². The van der Waals surface area contributed by atoms with Crippen molar-refractivity contribution in [1.82, 2.24) is 0 Å². The lowest BCUT2D eigenvalue weighted by atomic mass is 9.44. The molecule has 4 aliphatic rings. The predicted molar refractivity (Wildman–Crippen MR) is 88.8 cm³/mol. The summed E-state index contributed by atoms with van der Waals surface area (Å²) in [5.41, 5.74) is 2.01. The van der Waals surface area contributed by atoms with Gasteiger partial charge in [-0.1, -0.05) is 37.1 Å². The van der Waals surface area contributed by atoms with E-state index in [-0.39, 0.29) is 22.7 Å². The van der Waals surface area contributed by atoms with Crippen LogP contribution < -0.4 is 0 Å². The summed E-state index contributed by atoms with van der Waals surface area (Å²) in [7, 11) is 0. The molecule has 0 amide bonds. The minimum absolute atomic E-state index is 0.0831. The number of fused-ring (bicyclic) bond motifs is 3. The number of aliphatic carboxylic acids is 1. The van der Waals surface area contributed by atoms with Gasteiger partial charge in [0.05, 0.1) is 11.5 Å². The van der Waals surface area contributed by atoms with E-state index in [2.05, 4.69) is 19.6 Å². The van der Waals surface area contributed by atoms with E-state index in [1.807, 2.05) is 6.92 Å². The molecule has 3 fully saturated rings. The smallest absolute Gasteiger partial charge is 0.309 e. The van der Waals surface area contributed by atoms with E-state index in [0.29, 0.717) is 0 Å². The molecule has 0 unspecified atom stereocenters. The largest absolute Gasteiger partial charge is 0.481 e. The molecule has 23 heavy (non-hydrogen) atoms. The van der Waals surface area contributed by atoms with E-state index in [1.54, 1.807) is 0 Å². The number of aliphatic hydroxyl groups excluding tert-OH is 1. The zero-order valence-corrected chi connectivity index (χ0v) is 14.3. The maximum atomic E-state index is 12.0. The Morgan fingerprint density at radius 2 is 2.04 bits per heavy atom. The van der Waals surface area contributed by atoms with Gasteiger partial charge in [-0.2, -0.15) is 0 Å². The molecular weight excluding hydrogens is 288 g/mol. The molecule has 3 nitrogen and oxygen atoms in total. The Hall–Kier alpha value is -1.09. The van der Waals surface area contributed by atoms with E-state index >= 15 is 0 Å². The first-order valence-electron chi connectivity index (χ1n) is 9.05. The van der Waals surface area contributed by atoms with Crippen molar-refractivity contribution in [3.63, 3.8) is 0 Å². The third kappa shape index (κ3) is 1.77. The topological polar surface area (TPSA) is 57.5 Å². The third-order valence-electron chi connectivity index (χ3n) is 7.97. The molecule has 0 aromatic rings. The molecule has 0 aromatic heterocycles. The summed E-state index contributed by atoms with van der Waals surface area (Å²) >= 11 is 0. The first-order valence-corrected chi connectivity index (χ1v) is 9.05. The molecule has 0 aromatic carbocycles. The number of carbonyl (C=O) groups is 1. The second-order valence-electron chi connectivity index (χ2n) is 9.08. The summed E-state index contributed by atoms with van der Waals surface area (Å²) in [4.78, 5) is 12.0. The number of carboxylic acids is 1. The van der Waals surface area contributed by atoms with Crippen molar-refractivity contribution in [1.29, 1.82) is 0 Å². The van der Waals surface area contributed by atoms with Crippen molar-refractivity contribution in [2.75, 3.05) is 0 Å². The summed E-state index contributed by atoms with van der Waals surface area (Å²) in [5.74, 6) is -0.251. The molecule has 4 aliphatic carbocycles. The van der Waals surface area contributed by atoms with Gasteiger partial charge in [-0.25, -0.2) is 0 Å². The van der Waals surface area contributed by atoms with Crippen molar-refractivity contribution in [2.45, 2.75) is 64.9 Å². The average molecular weight is 316 g/mol. The molecule has 6 atom stereocenters. The van der Waals surface area contributed by atoms with Crippen LogP contribution in [0.3, 0.4) is 0 Å². The van der Waals surface area contributed by atoms with Crippen molar-refractivity contribution < 1.29 is 15.0 Å². The van der Waals surface area contributed by atoms with Gasteiger partial charge in [-0.3, -0.25) is 4.79 Å². The van der Waals surface area contributed by atoms with Gasteiger partial charge in [0, 0.05) is 5.92 Å². The zero-order chi connectivity index (χ0) is 16.6. The SMILES string of the molecule is C=C1C[C@@]23CC[C@@H]4[C@](C)(C(=O)O)CCC[C@@]4(C)C2=C[C@H](O)[C@@H]1C3. The van der Waals surface area contributed by atoms with Crippen LogP contribution >= 0.6 is 0 Å². The minimum Gasteiger partial charge on any atom is -0.481 e. The summed E-state index contributed by atoms with van der Waals surface area (Å²) in [5, 5.41) is 20.5. The number of hydrogen-bond donors (Lipinski definition) is 2. The number of carboxylic acid groups (broad SMARTS) is 1. The third-order valence-corrected chi connectivity index (χ3v) is 7.97. The Balaban J connectivity index is 1.83. The molecule has 3 saturated carbocycles. The first-order chi connectivity index (χ1) is 10.7. The molecule has 126 valence electrons. The highest BCUT2D eigenvalue weighted by molar-refractivity contribution is 5.75. The number of rotatable bonds is 1. The maximum absolute atomic E-state index is 12.0. The van der Waals surface area contributed by atoms with E-state index < -0.39 is 17.5 Å². The number of allylic oxidation sites excluding steroid dienone is 1. The van der Waals surface area contributed by atoms with Gasteiger partial charge in [0.15, 0.2) is 0 Å². The van der Waals surface area contributed by atoms with E-state index in [0.717, 1.165) is 44.9 Å². The van der Waals surface area contributed by atoms with Crippen molar-refractivity contribution in [2.24, 2.45) is 28.1 Å². The van der Waals surface area contributed by atoms with Crippen LogP contribution in [0.15, 0.2) is 23.8 Å². The molecule has 2 N–H and O–H groups in total. The highest BCUT2D eigenvalue weighted by Gasteiger charge is 2.63. The lowest BCUT2D eigenvalue weighted by molar-refractivity contribution is -0.161. The Morgan fingerprint density at radius 3 is 2.74 bits per heavy atom. The lowest BCUT2D eigenvalue weighted by Crippen LogP contribution is -2.54. The van der Waals surface area contributed by atoms with Crippen LogP contribution in [0.25, 0.3) is 0 Å². The van der Waals surface area contributed by atoms with Gasteiger partial charge in [-0.05, 0) is 62.2 Å². The Bertz CT molecular complexity index is 620. The number of hydrogen-bond acceptors (Lipinski definition) is 2. The summed E-state index contributed by atoms with van der Waals surface area (Å²) < 4.78 is 0. The summed E-state index contributed by atoms with van der Waals surface area (Å²) in [6.45, 7) is 8.46. The first kappa shape index (κ1) is 15.4. The quantitative estimate of drug-likeness (QED) is 0.721. The number of aliphatic hydroxyl groups is 1. The van der Waals surface area contributed by atoms with Gasteiger partial charge in [0.2, 0.25) is 0 Å². The normalized spacial score (nSPS) is 51.7.